The zero-order valence-electron chi connectivity index (χ0n) is 15.4. The van der Waals surface area contributed by atoms with Crippen molar-refractivity contribution >= 4 is 17.5 Å². The Kier molecular flexibility index (Phi) is 5.33. The van der Waals surface area contributed by atoms with Gasteiger partial charge in [0, 0.05) is 43.1 Å². The van der Waals surface area contributed by atoms with Crippen molar-refractivity contribution in [2.75, 3.05) is 18.5 Å². The number of ether oxygens (including phenoxy) is 2. The highest BCUT2D eigenvalue weighted by Crippen LogP contribution is 2.32. The van der Waals surface area contributed by atoms with Gasteiger partial charge in [-0.3, -0.25) is 19.6 Å². The minimum Gasteiger partial charge on any atom is -0.486 e. The van der Waals surface area contributed by atoms with Crippen LogP contribution in [0.3, 0.4) is 0 Å². The zero-order chi connectivity index (χ0) is 20.1. The molecule has 0 saturated heterocycles. The molecule has 4 rings (SSSR count). The van der Waals surface area contributed by atoms with Crippen LogP contribution in [0.25, 0.3) is 0 Å². The third-order valence-electron chi connectivity index (χ3n) is 4.24. The van der Waals surface area contributed by atoms with Crippen LogP contribution >= 0.6 is 0 Å². The van der Waals surface area contributed by atoms with Gasteiger partial charge in [0.05, 0.1) is 11.1 Å². The molecule has 0 atom stereocenters. The van der Waals surface area contributed by atoms with Gasteiger partial charge in [-0.25, -0.2) is 0 Å². The predicted octanol–water partition coefficient (Wildman–Crippen LogP) is 2.43. The highest BCUT2D eigenvalue weighted by molar-refractivity contribution is 6.06. The normalized spacial score (nSPS) is 12.1. The molecule has 0 unspecified atom stereocenters. The van der Waals surface area contributed by atoms with E-state index in [-0.39, 0.29) is 17.4 Å². The SMILES string of the molecule is O=C(NCc1cccnc1)c1cncc(C(=O)Nc2ccc3c(c2)OCCO3)c1. The number of amides is 2. The molecule has 0 bridgehead atoms. The Morgan fingerprint density at radius 1 is 0.897 bits per heavy atom. The molecular weight excluding hydrogens is 372 g/mol. The Labute approximate surface area is 166 Å². The first-order valence-electron chi connectivity index (χ1n) is 9.02. The van der Waals surface area contributed by atoms with E-state index in [9.17, 15) is 9.59 Å². The van der Waals surface area contributed by atoms with E-state index in [0.29, 0.717) is 42.5 Å². The molecule has 2 aromatic heterocycles. The van der Waals surface area contributed by atoms with Crippen molar-refractivity contribution in [1.29, 1.82) is 0 Å². The molecular formula is C21H18N4O4. The molecule has 0 fully saturated rings. The van der Waals surface area contributed by atoms with Crippen LogP contribution in [0.4, 0.5) is 5.69 Å². The quantitative estimate of drug-likeness (QED) is 0.694. The van der Waals surface area contributed by atoms with E-state index < -0.39 is 0 Å². The fourth-order valence-electron chi connectivity index (χ4n) is 2.80. The number of fused-ring (bicyclic) bond motifs is 1. The maximum atomic E-state index is 12.6. The number of nitrogens with one attached hydrogen (secondary N) is 2. The number of carbonyl (C=O) groups is 2. The first kappa shape index (κ1) is 18.4. The maximum absolute atomic E-state index is 12.6. The molecule has 1 aliphatic heterocycles. The van der Waals surface area contributed by atoms with Crippen molar-refractivity contribution < 1.29 is 19.1 Å². The summed E-state index contributed by atoms with van der Waals surface area (Å²) in [6.07, 6.45) is 6.17. The van der Waals surface area contributed by atoms with Gasteiger partial charge in [-0.15, -0.1) is 0 Å². The first-order valence-corrected chi connectivity index (χ1v) is 9.02. The lowest BCUT2D eigenvalue weighted by atomic mass is 10.1. The molecule has 0 radical (unpaired) electrons. The van der Waals surface area contributed by atoms with Gasteiger partial charge >= 0.3 is 0 Å². The lowest BCUT2D eigenvalue weighted by Gasteiger charge is -2.19. The van der Waals surface area contributed by atoms with Crippen molar-refractivity contribution in [3.63, 3.8) is 0 Å². The van der Waals surface area contributed by atoms with Crippen LogP contribution in [-0.4, -0.2) is 35.0 Å². The molecule has 0 spiro atoms. The van der Waals surface area contributed by atoms with E-state index in [1.54, 1.807) is 36.7 Å². The first-order chi connectivity index (χ1) is 14.2. The third kappa shape index (κ3) is 4.49. The van der Waals surface area contributed by atoms with E-state index in [1.165, 1.54) is 18.5 Å². The zero-order valence-corrected chi connectivity index (χ0v) is 15.4. The number of hydrogen-bond acceptors (Lipinski definition) is 6. The van der Waals surface area contributed by atoms with Crippen LogP contribution in [0.2, 0.25) is 0 Å². The Bertz CT molecular complexity index is 1040. The standard InChI is InChI=1S/C21H18N4O4/c26-20(24-11-14-2-1-5-22-10-14)15-8-16(13-23-12-15)21(27)25-17-3-4-18-19(9-17)29-7-6-28-18/h1-5,8-10,12-13H,6-7,11H2,(H,24,26)(H,25,27). The molecule has 1 aliphatic rings. The molecule has 0 aliphatic carbocycles. The van der Waals surface area contributed by atoms with Crippen molar-refractivity contribution in [2.45, 2.75) is 6.54 Å². The monoisotopic (exact) mass is 390 g/mol. The molecule has 8 heteroatoms. The Morgan fingerprint density at radius 3 is 2.48 bits per heavy atom. The van der Waals surface area contributed by atoms with Crippen molar-refractivity contribution in [3.05, 3.63) is 77.9 Å². The summed E-state index contributed by atoms with van der Waals surface area (Å²) in [4.78, 5) is 33.0. The molecule has 0 saturated carbocycles. The number of anilines is 1. The van der Waals surface area contributed by atoms with Crippen molar-refractivity contribution in [2.24, 2.45) is 0 Å². The molecule has 2 amide bonds. The van der Waals surface area contributed by atoms with Gasteiger partial charge in [-0.1, -0.05) is 6.07 Å². The van der Waals surface area contributed by atoms with Crippen LogP contribution in [0.5, 0.6) is 11.5 Å². The lowest BCUT2D eigenvalue weighted by Crippen LogP contribution is -2.23. The van der Waals surface area contributed by atoms with Crippen LogP contribution in [0, 0.1) is 0 Å². The van der Waals surface area contributed by atoms with Crippen LogP contribution < -0.4 is 20.1 Å². The average molecular weight is 390 g/mol. The van der Waals surface area contributed by atoms with Crippen molar-refractivity contribution in [1.82, 2.24) is 15.3 Å². The molecule has 8 nitrogen and oxygen atoms in total. The number of nitrogens with zero attached hydrogens (tertiary/aromatic N) is 2. The lowest BCUT2D eigenvalue weighted by molar-refractivity contribution is 0.0950. The summed E-state index contributed by atoms with van der Waals surface area (Å²) in [6.45, 7) is 1.30. The Hall–Kier alpha value is -3.94. The fraction of sp³-hybridized carbons (Fsp3) is 0.143. The summed E-state index contributed by atoms with van der Waals surface area (Å²) in [5, 5.41) is 5.56. The third-order valence-corrected chi connectivity index (χ3v) is 4.24. The second-order valence-electron chi connectivity index (χ2n) is 6.32. The van der Waals surface area contributed by atoms with E-state index in [2.05, 4.69) is 20.6 Å². The van der Waals surface area contributed by atoms with Gasteiger partial charge in [0.2, 0.25) is 0 Å². The highest BCUT2D eigenvalue weighted by Gasteiger charge is 2.15. The summed E-state index contributed by atoms with van der Waals surface area (Å²) in [6, 6.07) is 10.3. The van der Waals surface area contributed by atoms with Gasteiger partial charge in [-0.05, 0) is 29.8 Å². The van der Waals surface area contributed by atoms with Gasteiger partial charge < -0.3 is 20.1 Å². The molecule has 1 aromatic carbocycles. The molecule has 2 N–H and O–H groups in total. The minimum atomic E-state index is -0.379. The van der Waals surface area contributed by atoms with Crippen LogP contribution in [0.1, 0.15) is 26.3 Å². The predicted molar refractivity (Wildman–Crippen MR) is 105 cm³/mol. The molecule has 3 heterocycles. The number of hydrogen-bond donors (Lipinski definition) is 2. The topological polar surface area (TPSA) is 102 Å². The second-order valence-corrected chi connectivity index (χ2v) is 6.32. The highest BCUT2D eigenvalue weighted by atomic mass is 16.6. The summed E-state index contributed by atoms with van der Waals surface area (Å²) < 4.78 is 11.0. The number of aromatic nitrogens is 2. The largest absolute Gasteiger partial charge is 0.486 e. The van der Waals surface area contributed by atoms with E-state index >= 15 is 0 Å². The van der Waals surface area contributed by atoms with Gasteiger partial charge in [0.1, 0.15) is 13.2 Å². The summed E-state index contributed by atoms with van der Waals surface area (Å²) >= 11 is 0. The molecule has 3 aromatic rings. The van der Waals surface area contributed by atoms with Crippen LogP contribution in [0.15, 0.2) is 61.2 Å². The Morgan fingerprint density at radius 2 is 1.69 bits per heavy atom. The summed E-state index contributed by atoms with van der Waals surface area (Å²) in [5.41, 5.74) is 2.00. The number of pyridine rings is 2. The van der Waals surface area contributed by atoms with E-state index in [4.69, 9.17) is 9.47 Å². The maximum Gasteiger partial charge on any atom is 0.257 e. The minimum absolute atomic E-state index is 0.272. The second kappa shape index (κ2) is 8.39. The van der Waals surface area contributed by atoms with Crippen LogP contribution in [-0.2, 0) is 6.54 Å². The average Bonchev–Trinajstić information content (AvgIpc) is 2.78. The fourth-order valence-corrected chi connectivity index (χ4v) is 2.80. The Balaban J connectivity index is 1.42. The smallest absolute Gasteiger partial charge is 0.257 e. The van der Waals surface area contributed by atoms with Crippen molar-refractivity contribution in [3.8, 4) is 11.5 Å². The van der Waals surface area contributed by atoms with E-state index in [0.717, 1.165) is 5.56 Å². The summed E-state index contributed by atoms with van der Waals surface area (Å²) in [7, 11) is 0. The van der Waals surface area contributed by atoms with E-state index in [1.807, 2.05) is 6.07 Å². The molecule has 29 heavy (non-hydrogen) atoms. The number of benzene rings is 1. The van der Waals surface area contributed by atoms with Gasteiger partial charge in [0.25, 0.3) is 11.8 Å². The summed E-state index contributed by atoms with van der Waals surface area (Å²) in [5.74, 6) is 0.519. The molecule has 146 valence electrons. The van der Waals surface area contributed by atoms with Gasteiger partial charge in [0.15, 0.2) is 11.5 Å². The number of carbonyl (C=O) groups excluding carboxylic acids is 2. The number of rotatable bonds is 5. The van der Waals surface area contributed by atoms with Gasteiger partial charge in [-0.2, -0.15) is 0 Å².